The van der Waals surface area contributed by atoms with E-state index in [9.17, 15) is 9.59 Å². The molecule has 2 aliphatic heterocycles. The SMILES string of the molecule is CC(C)C(=O)N1CCC(C(=O)NCC2COc3ccccc3C2)CC1. The van der Waals surface area contributed by atoms with Crippen molar-refractivity contribution in [2.24, 2.45) is 17.8 Å². The number of ether oxygens (including phenoxy) is 1. The van der Waals surface area contributed by atoms with E-state index in [1.54, 1.807) is 0 Å². The minimum Gasteiger partial charge on any atom is -0.493 e. The lowest BCUT2D eigenvalue weighted by Crippen LogP contribution is -2.45. The number of amides is 2. The number of hydrogen-bond acceptors (Lipinski definition) is 3. The molecule has 2 heterocycles. The Balaban J connectivity index is 1.43. The molecule has 136 valence electrons. The molecular weight excluding hydrogens is 316 g/mol. The molecule has 5 nitrogen and oxygen atoms in total. The van der Waals surface area contributed by atoms with Crippen LogP contribution in [0, 0.1) is 17.8 Å². The Labute approximate surface area is 149 Å². The molecule has 0 saturated carbocycles. The molecule has 1 aromatic carbocycles. The third-order valence-electron chi connectivity index (χ3n) is 5.19. The zero-order valence-electron chi connectivity index (χ0n) is 15.2. The van der Waals surface area contributed by atoms with Gasteiger partial charge in [0.15, 0.2) is 0 Å². The van der Waals surface area contributed by atoms with Crippen LogP contribution in [-0.2, 0) is 16.0 Å². The number of carbonyl (C=O) groups excluding carboxylic acids is 2. The van der Waals surface area contributed by atoms with Crippen molar-refractivity contribution in [2.45, 2.75) is 33.1 Å². The second kappa shape index (κ2) is 7.89. The van der Waals surface area contributed by atoms with Gasteiger partial charge in [-0.2, -0.15) is 0 Å². The van der Waals surface area contributed by atoms with E-state index in [1.807, 2.05) is 36.9 Å². The van der Waals surface area contributed by atoms with Gasteiger partial charge in [-0.15, -0.1) is 0 Å². The van der Waals surface area contributed by atoms with Crippen LogP contribution in [0.1, 0.15) is 32.3 Å². The fourth-order valence-corrected chi connectivity index (χ4v) is 3.64. The maximum atomic E-state index is 12.4. The molecule has 1 fully saturated rings. The van der Waals surface area contributed by atoms with Crippen LogP contribution in [0.4, 0.5) is 0 Å². The number of hydrogen-bond donors (Lipinski definition) is 1. The van der Waals surface area contributed by atoms with Crippen LogP contribution in [-0.4, -0.2) is 43.0 Å². The highest BCUT2D eigenvalue weighted by atomic mass is 16.5. The molecule has 0 aliphatic carbocycles. The first kappa shape index (κ1) is 17.8. The van der Waals surface area contributed by atoms with Crippen LogP contribution < -0.4 is 10.1 Å². The van der Waals surface area contributed by atoms with E-state index < -0.39 is 0 Å². The van der Waals surface area contributed by atoms with Crippen molar-refractivity contribution in [1.29, 1.82) is 0 Å². The van der Waals surface area contributed by atoms with Gasteiger partial charge in [0.2, 0.25) is 11.8 Å². The summed E-state index contributed by atoms with van der Waals surface area (Å²) in [6, 6.07) is 8.09. The third kappa shape index (κ3) is 4.33. The van der Waals surface area contributed by atoms with Crippen LogP contribution >= 0.6 is 0 Å². The van der Waals surface area contributed by atoms with E-state index in [-0.39, 0.29) is 23.7 Å². The van der Waals surface area contributed by atoms with Gasteiger partial charge in [0.25, 0.3) is 0 Å². The first-order valence-corrected chi connectivity index (χ1v) is 9.31. The number of likely N-dealkylation sites (tertiary alicyclic amines) is 1. The van der Waals surface area contributed by atoms with E-state index in [0.29, 0.717) is 32.2 Å². The molecule has 2 aliphatic rings. The van der Waals surface area contributed by atoms with Crippen LogP contribution in [0.2, 0.25) is 0 Å². The molecule has 0 aromatic heterocycles. The molecule has 0 spiro atoms. The Morgan fingerprint density at radius 2 is 1.96 bits per heavy atom. The number of piperidine rings is 1. The van der Waals surface area contributed by atoms with Crippen molar-refractivity contribution >= 4 is 11.8 Å². The Bertz CT molecular complexity index is 621. The number of fused-ring (bicyclic) bond motifs is 1. The summed E-state index contributed by atoms with van der Waals surface area (Å²) in [7, 11) is 0. The molecule has 0 bridgehead atoms. The topological polar surface area (TPSA) is 58.6 Å². The number of nitrogens with zero attached hydrogens (tertiary/aromatic N) is 1. The minimum absolute atomic E-state index is 0.0213. The molecule has 2 amide bonds. The van der Waals surface area contributed by atoms with Gasteiger partial charge in [-0.1, -0.05) is 32.0 Å². The van der Waals surface area contributed by atoms with Gasteiger partial charge >= 0.3 is 0 Å². The van der Waals surface area contributed by atoms with E-state index >= 15 is 0 Å². The first-order valence-electron chi connectivity index (χ1n) is 9.31. The standard InChI is InChI=1S/C20H28N2O3/c1-14(2)20(24)22-9-7-16(8-10-22)19(23)21-12-15-11-17-5-3-4-6-18(17)25-13-15/h3-6,14-16H,7-13H2,1-2H3,(H,21,23). The summed E-state index contributed by atoms with van der Waals surface area (Å²) in [6.45, 7) is 6.53. The van der Waals surface area contributed by atoms with Gasteiger partial charge in [0.1, 0.15) is 5.75 Å². The summed E-state index contributed by atoms with van der Waals surface area (Å²) in [4.78, 5) is 26.3. The van der Waals surface area contributed by atoms with E-state index in [2.05, 4.69) is 11.4 Å². The Hall–Kier alpha value is -2.04. The molecular formula is C20H28N2O3. The van der Waals surface area contributed by atoms with Gasteiger partial charge in [0, 0.05) is 37.4 Å². The van der Waals surface area contributed by atoms with Crippen molar-refractivity contribution in [3.05, 3.63) is 29.8 Å². The van der Waals surface area contributed by atoms with E-state index in [4.69, 9.17) is 4.74 Å². The van der Waals surface area contributed by atoms with Crippen molar-refractivity contribution < 1.29 is 14.3 Å². The highest BCUT2D eigenvalue weighted by Crippen LogP contribution is 2.26. The van der Waals surface area contributed by atoms with Crippen molar-refractivity contribution in [3.63, 3.8) is 0 Å². The normalized spacial score (nSPS) is 20.8. The van der Waals surface area contributed by atoms with Gasteiger partial charge in [-0.25, -0.2) is 0 Å². The monoisotopic (exact) mass is 344 g/mol. The molecule has 0 radical (unpaired) electrons. The lowest BCUT2D eigenvalue weighted by Gasteiger charge is -2.33. The molecule has 1 atom stereocenters. The van der Waals surface area contributed by atoms with Crippen molar-refractivity contribution in [1.82, 2.24) is 10.2 Å². The second-order valence-electron chi connectivity index (χ2n) is 7.49. The first-order chi connectivity index (χ1) is 12.0. The highest BCUT2D eigenvalue weighted by molar-refractivity contribution is 5.80. The number of carbonyl (C=O) groups is 2. The molecule has 5 heteroatoms. The predicted molar refractivity (Wildman–Crippen MR) is 96.3 cm³/mol. The van der Waals surface area contributed by atoms with Gasteiger partial charge in [-0.3, -0.25) is 9.59 Å². The van der Waals surface area contributed by atoms with Crippen LogP contribution in [0.15, 0.2) is 24.3 Å². The average Bonchev–Trinajstić information content (AvgIpc) is 2.65. The molecule has 3 rings (SSSR count). The van der Waals surface area contributed by atoms with Crippen LogP contribution in [0.5, 0.6) is 5.75 Å². The van der Waals surface area contributed by atoms with Gasteiger partial charge in [0.05, 0.1) is 6.61 Å². The predicted octanol–water partition coefficient (Wildman–Crippen LogP) is 2.25. The lowest BCUT2D eigenvalue weighted by atomic mass is 9.93. The Kier molecular flexibility index (Phi) is 5.61. The summed E-state index contributed by atoms with van der Waals surface area (Å²) in [5.41, 5.74) is 1.22. The summed E-state index contributed by atoms with van der Waals surface area (Å²) in [6.07, 6.45) is 2.46. The zero-order valence-corrected chi connectivity index (χ0v) is 15.2. The average molecular weight is 344 g/mol. The third-order valence-corrected chi connectivity index (χ3v) is 5.19. The maximum Gasteiger partial charge on any atom is 0.225 e. The molecule has 1 aromatic rings. The van der Waals surface area contributed by atoms with Crippen molar-refractivity contribution in [2.75, 3.05) is 26.2 Å². The van der Waals surface area contributed by atoms with Crippen LogP contribution in [0.3, 0.4) is 0 Å². The summed E-state index contributed by atoms with van der Waals surface area (Å²) >= 11 is 0. The van der Waals surface area contributed by atoms with E-state index in [1.165, 1.54) is 5.56 Å². The number of benzene rings is 1. The quantitative estimate of drug-likeness (QED) is 0.911. The number of para-hydroxylation sites is 1. The fourth-order valence-electron chi connectivity index (χ4n) is 3.64. The number of rotatable bonds is 4. The summed E-state index contributed by atoms with van der Waals surface area (Å²) < 4.78 is 5.78. The zero-order chi connectivity index (χ0) is 17.8. The largest absolute Gasteiger partial charge is 0.493 e. The molecule has 25 heavy (non-hydrogen) atoms. The fraction of sp³-hybridized carbons (Fsp3) is 0.600. The van der Waals surface area contributed by atoms with Crippen LogP contribution in [0.25, 0.3) is 0 Å². The minimum atomic E-state index is 0.0213. The molecule has 1 N–H and O–H groups in total. The van der Waals surface area contributed by atoms with E-state index in [0.717, 1.165) is 25.0 Å². The van der Waals surface area contributed by atoms with Gasteiger partial charge < -0.3 is 15.0 Å². The second-order valence-corrected chi connectivity index (χ2v) is 7.49. The smallest absolute Gasteiger partial charge is 0.225 e. The summed E-state index contributed by atoms with van der Waals surface area (Å²) in [5, 5.41) is 3.10. The maximum absolute atomic E-state index is 12.4. The molecule has 1 unspecified atom stereocenters. The molecule has 1 saturated heterocycles. The number of nitrogens with one attached hydrogen (secondary N) is 1. The Morgan fingerprint density at radius 1 is 1.24 bits per heavy atom. The van der Waals surface area contributed by atoms with Crippen molar-refractivity contribution in [3.8, 4) is 5.75 Å². The lowest BCUT2D eigenvalue weighted by molar-refractivity contribution is -0.138. The summed E-state index contributed by atoms with van der Waals surface area (Å²) in [5.74, 6) is 1.65. The Morgan fingerprint density at radius 3 is 2.68 bits per heavy atom. The highest BCUT2D eigenvalue weighted by Gasteiger charge is 2.29. The van der Waals surface area contributed by atoms with Gasteiger partial charge in [-0.05, 0) is 30.9 Å².